The van der Waals surface area contributed by atoms with Crippen LogP contribution in [0.15, 0.2) is 0 Å². The first kappa shape index (κ1) is 16.6. The summed E-state index contributed by atoms with van der Waals surface area (Å²) in [6.45, 7) is 0.0908. The fourth-order valence-corrected chi connectivity index (χ4v) is 1.29. The molecule has 0 spiro atoms. The van der Waals surface area contributed by atoms with Crippen LogP contribution < -0.4 is 5.32 Å². The van der Waals surface area contributed by atoms with E-state index in [1.54, 1.807) is 0 Å². The quantitative estimate of drug-likeness (QED) is 0.608. The average molecular weight is 273 g/mol. The topological polar surface area (TPSA) is 95.9 Å². The van der Waals surface area contributed by atoms with E-state index < -0.39 is 12.1 Å². The van der Waals surface area contributed by atoms with E-state index in [0.717, 1.165) is 12.8 Å². The predicted octanol–water partition coefficient (Wildman–Crippen LogP) is -0.0944. The highest BCUT2D eigenvalue weighted by Gasteiger charge is 2.38. The summed E-state index contributed by atoms with van der Waals surface area (Å²) in [7, 11) is 1.37. The maximum atomic E-state index is 10.9. The molecule has 0 saturated carbocycles. The molecule has 0 aliphatic carbocycles. The van der Waals surface area contributed by atoms with Gasteiger partial charge in [-0.15, -0.1) is 0 Å². The minimum absolute atomic E-state index is 0.0686. The Balaban J connectivity index is 0.000000360. The van der Waals surface area contributed by atoms with E-state index in [-0.39, 0.29) is 24.7 Å². The van der Waals surface area contributed by atoms with Crippen LogP contribution in [0.2, 0.25) is 0 Å². The molecular weight excluding hydrogens is 259 g/mol. The first-order valence-electron chi connectivity index (χ1n) is 4.97. The molecule has 1 heterocycles. The molecule has 0 aromatic carbocycles. The lowest BCUT2D eigenvalue weighted by atomic mass is 10.2. The van der Waals surface area contributed by atoms with Gasteiger partial charge in [-0.05, 0) is 12.8 Å². The standard InChI is InChI=1S/C7H13NO3.C2HF3O2/c1-11-7(10)6-3-2-5(4-9)8-6;3-2(4,5)1(6)7/h5-6,8-9H,2-4H2,1H3;(H,6,7)/t5-,6+;/m0./s1. The van der Waals surface area contributed by atoms with Crippen molar-refractivity contribution in [3.8, 4) is 0 Å². The Hall–Kier alpha value is -1.35. The molecule has 2 atom stereocenters. The second-order valence-electron chi connectivity index (χ2n) is 3.50. The number of alkyl halides is 3. The highest BCUT2D eigenvalue weighted by molar-refractivity contribution is 5.76. The summed E-state index contributed by atoms with van der Waals surface area (Å²) in [5, 5.41) is 18.8. The Labute approximate surface area is 101 Å². The molecule has 0 radical (unpaired) electrons. The number of methoxy groups -OCH3 is 1. The molecule has 0 aromatic heterocycles. The fourth-order valence-electron chi connectivity index (χ4n) is 1.29. The molecule has 9 heteroatoms. The van der Waals surface area contributed by atoms with Crippen molar-refractivity contribution in [1.82, 2.24) is 5.32 Å². The van der Waals surface area contributed by atoms with E-state index in [0.29, 0.717) is 0 Å². The molecule has 3 N–H and O–H groups in total. The number of hydrogen-bond acceptors (Lipinski definition) is 5. The van der Waals surface area contributed by atoms with Gasteiger partial charge in [0.05, 0.1) is 13.7 Å². The predicted molar refractivity (Wildman–Crippen MR) is 52.7 cm³/mol. The summed E-state index contributed by atoms with van der Waals surface area (Å²) in [5.74, 6) is -2.99. The summed E-state index contributed by atoms with van der Waals surface area (Å²) in [6, 6.07) is -0.142. The van der Waals surface area contributed by atoms with Crippen LogP contribution in [0.4, 0.5) is 13.2 Å². The van der Waals surface area contributed by atoms with Crippen LogP contribution in [0.1, 0.15) is 12.8 Å². The van der Waals surface area contributed by atoms with Crippen LogP contribution in [0, 0.1) is 0 Å². The van der Waals surface area contributed by atoms with Gasteiger partial charge in [0.15, 0.2) is 0 Å². The molecule has 1 aliphatic heterocycles. The molecule has 0 bridgehead atoms. The molecule has 0 amide bonds. The fraction of sp³-hybridized carbons (Fsp3) is 0.778. The first-order chi connectivity index (χ1) is 8.22. The van der Waals surface area contributed by atoms with Crippen LogP contribution in [0.5, 0.6) is 0 Å². The van der Waals surface area contributed by atoms with Crippen molar-refractivity contribution in [2.24, 2.45) is 0 Å². The largest absolute Gasteiger partial charge is 0.490 e. The number of carboxylic acid groups (broad SMARTS) is 1. The third-order valence-electron chi connectivity index (χ3n) is 2.19. The summed E-state index contributed by atoms with van der Waals surface area (Å²) in [6.07, 6.45) is -3.48. The Morgan fingerprint density at radius 3 is 2.17 bits per heavy atom. The second-order valence-corrected chi connectivity index (χ2v) is 3.50. The van der Waals surface area contributed by atoms with Crippen molar-refractivity contribution < 1.29 is 37.7 Å². The minimum atomic E-state index is -5.08. The molecule has 1 fully saturated rings. The van der Waals surface area contributed by atoms with Gasteiger partial charge in [-0.1, -0.05) is 0 Å². The monoisotopic (exact) mass is 273 g/mol. The molecule has 0 aromatic rings. The van der Waals surface area contributed by atoms with Crippen molar-refractivity contribution in [2.45, 2.75) is 31.1 Å². The Kier molecular flexibility index (Phi) is 6.63. The molecule has 1 rings (SSSR count). The number of esters is 1. The van der Waals surface area contributed by atoms with Crippen molar-refractivity contribution >= 4 is 11.9 Å². The first-order valence-corrected chi connectivity index (χ1v) is 4.97. The van der Waals surface area contributed by atoms with Crippen LogP contribution in [0.25, 0.3) is 0 Å². The van der Waals surface area contributed by atoms with Gasteiger partial charge in [0, 0.05) is 6.04 Å². The van der Waals surface area contributed by atoms with Crippen molar-refractivity contribution in [2.75, 3.05) is 13.7 Å². The normalized spacial score (nSPS) is 22.9. The highest BCUT2D eigenvalue weighted by atomic mass is 19.4. The van der Waals surface area contributed by atoms with Gasteiger partial charge in [0.25, 0.3) is 0 Å². The second kappa shape index (κ2) is 7.17. The lowest BCUT2D eigenvalue weighted by Crippen LogP contribution is -2.37. The van der Waals surface area contributed by atoms with Crippen LogP contribution in [-0.2, 0) is 14.3 Å². The SMILES string of the molecule is COC(=O)[C@H]1CC[C@@H](CO)N1.O=C(O)C(F)(F)F. The molecule has 1 saturated heterocycles. The van der Waals surface area contributed by atoms with E-state index in [2.05, 4.69) is 10.1 Å². The third-order valence-corrected chi connectivity index (χ3v) is 2.19. The average Bonchev–Trinajstić information content (AvgIpc) is 2.76. The summed E-state index contributed by atoms with van der Waals surface area (Å²) in [4.78, 5) is 19.8. The number of aliphatic hydroxyl groups is 1. The number of aliphatic carboxylic acids is 1. The van der Waals surface area contributed by atoms with E-state index >= 15 is 0 Å². The highest BCUT2D eigenvalue weighted by Crippen LogP contribution is 2.13. The summed E-state index contributed by atoms with van der Waals surface area (Å²) >= 11 is 0. The van der Waals surface area contributed by atoms with Gasteiger partial charge in [0.2, 0.25) is 0 Å². The van der Waals surface area contributed by atoms with Gasteiger partial charge < -0.3 is 14.9 Å². The molecule has 106 valence electrons. The number of carboxylic acids is 1. The lowest BCUT2D eigenvalue weighted by molar-refractivity contribution is -0.192. The number of ether oxygens (including phenoxy) is 1. The molecule has 18 heavy (non-hydrogen) atoms. The molecular formula is C9H14F3NO5. The number of nitrogens with one attached hydrogen (secondary N) is 1. The maximum Gasteiger partial charge on any atom is 0.490 e. The van der Waals surface area contributed by atoms with Gasteiger partial charge in [0.1, 0.15) is 6.04 Å². The van der Waals surface area contributed by atoms with Gasteiger partial charge in [-0.2, -0.15) is 13.2 Å². The Morgan fingerprint density at radius 1 is 1.39 bits per heavy atom. The Morgan fingerprint density at radius 2 is 1.89 bits per heavy atom. The minimum Gasteiger partial charge on any atom is -0.475 e. The zero-order valence-electron chi connectivity index (χ0n) is 9.53. The van der Waals surface area contributed by atoms with Crippen LogP contribution in [0.3, 0.4) is 0 Å². The third kappa shape index (κ3) is 5.82. The van der Waals surface area contributed by atoms with E-state index in [1.807, 2.05) is 0 Å². The molecule has 0 unspecified atom stereocenters. The van der Waals surface area contributed by atoms with E-state index in [4.69, 9.17) is 15.0 Å². The molecule has 6 nitrogen and oxygen atoms in total. The van der Waals surface area contributed by atoms with Crippen LogP contribution >= 0.6 is 0 Å². The Bertz CT molecular complexity index is 294. The zero-order chi connectivity index (χ0) is 14.3. The number of rotatable bonds is 2. The van der Waals surface area contributed by atoms with Crippen LogP contribution in [-0.4, -0.2) is 54.1 Å². The van der Waals surface area contributed by atoms with E-state index in [1.165, 1.54) is 7.11 Å². The number of hydrogen-bond donors (Lipinski definition) is 3. The van der Waals surface area contributed by atoms with Crippen molar-refractivity contribution in [3.05, 3.63) is 0 Å². The number of carbonyl (C=O) groups is 2. The van der Waals surface area contributed by atoms with Gasteiger partial charge in [-0.25, -0.2) is 4.79 Å². The van der Waals surface area contributed by atoms with Gasteiger partial charge >= 0.3 is 18.1 Å². The smallest absolute Gasteiger partial charge is 0.475 e. The van der Waals surface area contributed by atoms with Crippen molar-refractivity contribution in [3.63, 3.8) is 0 Å². The number of aliphatic hydroxyl groups excluding tert-OH is 1. The summed E-state index contributed by atoms with van der Waals surface area (Å²) < 4.78 is 36.3. The molecule has 1 aliphatic rings. The van der Waals surface area contributed by atoms with E-state index in [9.17, 15) is 18.0 Å². The van der Waals surface area contributed by atoms with Gasteiger partial charge in [-0.3, -0.25) is 10.1 Å². The van der Waals surface area contributed by atoms with Crippen molar-refractivity contribution in [1.29, 1.82) is 0 Å². The summed E-state index contributed by atoms with van der Waals surface area (Å²) in [5.41, 5.74) is 0. The lowest BCUT2D eigenvalue weighted by Gasteiger charge is -2.09. The maximum absolute atomic E-state index is 10.9. The zero-order valence-corrected chi connectivity index (χ0v) is 9.53. The number of carbonyl (C=O) groups excluding carboxylic acids is 1. The number of halogens is 3.